The lowest BCUT2D eigenvalue weighted by atomic mass is 9.35. The van der Waals surface area contributed by atoms with E-state index in [1.54, 1.807) is 0 Å². The lowest BCUT2D eigenvalue weighted by Crippen LogP contribution is -2.61. The Morgan fingerprint density at radius 3 is 1.79 bits per heavy atom. The number of hydrogen-bond acceptors (Lipinski definition) is 3. The molecule has 0 saturated heterocycles. The molecule has 6 aromatic carbocycles. The maximum atomic E-state index is 2.70. The van der Waals surface area contributed by atoms with E-state index in [0.29, 0.717) is 0 Å². The van der Waals surface area contributed by atoms with E-state index in [1.807, 2.05) is 11.3 Å². The van der Waals surface area contributed by atoms with E-state index in [0.717, 1.165) is 6.42 Å². The molecule has 0 unspecified atom stereocenters. The predicted molar refractivity (Wildman–Crippen MR) is 277 cm³/mol. The molecule has 2 aliphatic heterocycles. The van der Waals surface area contributed by atoms with E-state index in [9.17, 15) is 0 Å². The van der Waals surface area contributed by atoms with E-state index >= 15 is 0 Å². The highest BCUT2D eigenvalue weighted by molar-refractivity contribution is 7.33. The van der Waals surface area contributed by atoms with Crippen LogP contribution in [-0.4, -0.2) is 6.71 Å². The van der Waals surface area contributed by atoms with Gasteiger partial charge in [-0.2, -0.15) is 0 Å². The summed E-state index contributed by atoms with van der Waals surface area (Å²) in [6.07, 6.45) is 2.33. The van der Waals surface area contributed by atoms with Crippen LogP contribution in [0.2, 0.25) is 0 Å². The smallest absolute Gasteiger partial charge is 0.264 e. The summed E-state index contributed by atoms with van der Waals surface area (Å²) < 4.78 is 2.78. The molecule has 1 aliphatic carbocycles. The second-order valence-corrected chi connectivity index (χ2v) is 24.5. The minimum Gasteiger partial charge on any atom is -0.311 e. The van der Waals surface area contributed by atoms with Crippen molar-refractivity contribution >= 4 is 78.0 Å². The van der Waals surface area contributed by atoms with Crippen LogP contribution in [0, 0.1) is 6.92 Å². The summed E-state index contributed by atoms with van der Waals surface area (Å²) in [5.41, 5.74) is 21.6. The molecule has 0 fully saturated rings. The van der Waals surface area contributed by atoms with E-state index in [2.05, 4.69) is 222 Å². The van der Waals surface area contributed by atoms with Crippen molar-refractivity contribution in [1.29, 1.82) is 0 Å². The number of anilines is 6. The first-order chi connectivity index (χ1) is 29.5. The highest BCUT2D eigenvalue weighted by Crippen LogP contribution is 2.55. The third-order valence-electron chi connectivity index (χ3n) is 14.8. The van der Waals surface area contributed by atoms with Gasteiger partial charge in [-0.15, -0.1) is 11.3 Å². The molecule has 4 heteroatoms. The summed E-state index contributed by atoms with van der Waals surface area (Å²) in [7, 11) is 0. The molecule has 2 nitrogen and oxygen atoms in total. The van der Waals surface area contributed by atoms with Crippen molar-refractivity contribution in [3.63, 3.8) is 0 Å². The third kappa shape index (κ3) is 6.64. The van der Waals surface area contributed by atoms with Gasteiger partial charge in [0.25, 0.3) is 6.71 Å². The SMILES string of the molecule is Cc1cc2c3c(c1)N(c1ccc(C(C)(C)C)cc1-c1ccccc1)c1c(sc4ccc(C(C)(C)C)cc14)B3c1ccc3c(c1N2c1ccc(C(C)(C)C)cc1)C(C)(C)CCC3(C)C. The molecule has 0 amide bonds. The minimum absolute atomic E-state index is 0.00531. The van der Waals surface area contributed by atoms with Crippen LogP contribution in [0.4, 0.5) is 34.1 Å². The highest BCUT2D eigenvalue weighted by atomic mass is 32.1. The Bertz CT molecular complexity index is 2960. The van der Waals surface area contributed by atoms with Crippen molar-refractivity contribution in [3.8, 4) is 11.1 Å². The van der Waals surface area contributed by atoms with E-state index in [1.165, 1.54) is 111 Å². The van der Waals surface area contributed by atoms with E-state index < -0.39 is 0 Å². The lowest BCUT2D eigenvalue weighted by Gasteiger charge is -2.49. The number of aryl methyl sites for hydroxylation is 1. The molecule has 63 heavy (non-hydrogen) atoms. The first kappa shape index (κ1) is 41.9. The molecule has 7 aromatic rings. The van der Waals surface area contributed by atoms with Gasteiger partial charge < -0.3 is 9.80 Å². The van der Waals surface area contributed by atoms with Gasteiger partial charge in [-0.25, -0.2) is 0 Å². The number of fused-ring (bicyclic) bond motifs is 8. The van der Waals surface area contributed by atoms with Crippen LogP contribution in [0.3, 0.4) is 0 Å². The van der Waals surface area contributed by atoms with Crippen molar-refractivity contribution in [3.05, 3.63) is 149 Å². The summed E-state index contributed by atoms with van der Waals surface area (Å²) in [6.45, 7) is 33.3. The minimum atomic E-state index is -0.00632. The normalized spacial score (nSPS) is 16.4. The maximum Gasteiger partial charge on any atom is 0.264 e. The molecular formula is C59H65BN2S. The van der Waals surface area contributed by atoms with Gasteiger partial charge >= 0.3 is 0 Å². The first-order valence-corrected chi connectivity index (χ1v) is 24.2. The Labute approximate surface area is 382 Å². The molecule has 320 valence electrons. The van der Waals surface area contributed by atoms with Gasteiger partial charge in [0.2, 0.25) is 0 Å². The second-order valence-electron chi connectivity index (χ2n) is 23.4. The number of thiophene rings is 1. The van der Waals surface area contributed by atoms with Gasteiger partial charge in [-0.05, 0) is 145 Å². The quantitative estimate of drug-likeness (QED) is 0.164. The highest BCUT2D eigenvalue weighted by Gasteiger charge is 2.49. The van der Waals surface area contributed by atoms with Crippen molar-refractivity contribution in [2.75, 3.05) is 9.80 Å². The predicted octanol–water partition coefficient (Wildman–Crippen LogP) is 15.2. The average molecular weight is 845 g/mol. The van der Waals surface area contributed by atoms with Crippen LogP contribution < -0.4 is 25.5 Å². The zero-order chi connectivity index (χ0) is 44.8. The van der Waals surface area contributed by atoms with Crippen LogP contribution in [-0.2, 0) is 27.1 Å². The van der Waals surface area contributed by atoms with Gasteiger partial charge in [0, 0.05) is 43.2 Å². The van der Waals surface area contributed by atoms with Crippen molar-refractivity contribution < 1.29 is 0 Å². The number of hydrogen-bond donors (Lipinski definition) is 0. The fourth-order valence-electron chi connectivity index (χ4n) is 11.0. The van der Waals surface area contributed by atoms with Gasteiger partial charge in [0.05, 0.1) is 11.4 Å². The average Bonchev–Trinajstić information content (AvgIpc) is 3.60. The molecule has 10 rings (SSSR count). The first-order valence-electron chi connectivity index (χ1n) is 23.3. The maximum absolute atomic E-state index is 2.70. The van der Waals surface area contributed by atoms with E-state index in [-0.39, 0.29) is 33.8 Å². The standard InChI is InChI=1S/C59H65BN2S/c1-36-32-47-51-48(33-36)62(46-28-22-39(56(5,6)7)34-42(46)37-18-16-15-17-19-37)52-43-35-40(57(8,9)10)23-29-49(43)63-54(52)60(51)45-27-26-44-50(59(13,14)31-30-58(44,11)12)53(45)61(47)41-24-20-38(21-25-41)55(2,3)4/h15-29,32-35H,30-31H2,1-14H3. The van der Waals surface area contributed by atoms with Gasteiger partial charge in [0.15, 0.2) is 0 Å². The fourth-order valence-corrected chi connectivity index (χ4v) is 12.3. The van der Waals surface area contributed by atoms with Gasteiger partial charge in [-0.1, -0.05) is 157 Å². The Balaban J connectivity index is 1.36. The molecule has 0 radical (unpaired) electrons. The zero-order valence-electron chi connectivity index (χ0n) is 40.3. The molecule has 0 atom stereocenters. The molecule has 3 heterocycles. The van der Waals surface area contributed by atoms with Gasteiger partial charge in [-0.3, -0.25) is 0 Å². The van der Waals surface area contributed by atoms with Crippen molar-refractivity contribution in [2.45, 2.75) is 137 Å². The molecular weight excluding hydrogens is 780 g/mol. The summed E-state index contributed by atoms with van der Waals surface area (Å²) in [6, 6.07) is 45.3. The van der Waals surface area contributed by atoms with Crippen LogP contribution in [0.15, 0.2) is 115 Å². The van der Waals surface area contributed by atoms with Crippen LogP contribution in [0.5, 0.6) is 0 Å². The van der Waals surface area contributed by atoms with Crippen LogP contribution in [0.25, 0.3) is 21.2 Å². The molecule has 0 bridgehead atoms. The van der Waals surface area contributed by atoms with Crippen molar-refractivity contribution in [1.82, 2.24) is 0 Å². The summed E-state index contributed by atoms with van der Waals surface area (Å²) >= 11 is 2.01. The topological polar surface area (TPSA) is 6.48 Å². The van der Waals surface area contributed by atoms with Gasteiger partial charge in [0.1, 0.15) is 0 Å². The van der Waals surface area contributed by atoms with E-state index in [4.69, 9.17) is 0 Å². The molecule has 0 saturated carbocycles. The Hall–Kier alpha value is -5.06. The summed E-state index contributed by atoms with van der Waals surface area (Å²) in [5.74, 6) is 0. The Morgan fingerprint density at radius 2 is 1.14 bits per heavy atom. The lowest BCUT2D eigenvalue weighted by molar-refractivity contribution is 0.333. The van der Waals surface area contributed by atoms with Crippen LogP contribution >= 0.6 is 11.3 Å². The number of rotatable bonds is 3. The third-order valence-corrected chi connectivity index (χ3v) is 16.0. The second kappa shape index (κ2) is 14.0. The molecule has 0 N–H and O–H groups in total. The molecule has 0 spiro atoms. The number of nitrogens with zero attached hydrogens (tertiary/aromatic N) is 2. The molecule has 1 aromatic heterocycles. The van der Waals surface area contributed by atoms with Crippen LogP contribution in [0.1, 0.15) is 136 Å². The monoisotopic (exact) mass is 844 g/mol. The summed E-state index contributed by atoms with van der Waals surface area (Å²) in [5, 5.41) is 1.34. The Kier molecular flexibility index (Phi) is 9.30. The zero-order valence-corrected chi connectivity index (χ0v) is 41.1. The Morgan fingerprint density at radius 1 is 0.556 bits per heavy atom. The molecule has 3 aliphatic rings. The fraction of sp³-hybridized carbons (Fsp3) is 0.356. The largest absolute Gasteiger partial charge is 0.311 e. The summed E-state index contributed by atoms with van der Waals surface area (Å²) in [4.78, 5) is 5.39. The number of benzene rings is 6. The van der Waals surface area contributed by atoms with Crippen molar-refractivity contribution in [2.24, 2.45) is 0 Å².